The fourth-order valence-electron chi connectivity index (χ4n) is 4.33. The van der Waals surface area contributed by atoms with E-state index >= 15 is 0 Å². The maximum atomic E-state index is 13.0. The molecular formula is C27H38I2N2O3. The fraction of sp³-hybridized carbons (Fsp3) is 0.519. The molecule has 1 fully saturated rings. The van der Waals surface area contributed by atoms with Crippen molar-refractivity contribution in [1.29, 1.82) is 0 Å². The van der Waals surface area contributed by atoms with E-state index in [0.717, 1.165) is 61.8 Å². The molecule has 0 radical (unpaired) electrons. The lowest BCUT2D eigenvalue weighted by atomic mass is 9.88. The van der Waals surface area contributed by atoms with Crippen molar-refractivity contribution in [3.63, 3.8) is 0 Å². The standard InChI is InChI=1S/C25H32N2O3.2CH3I/c1-2-3-13-26-15-17-27(18-16-26)14-8-19-29-25(28)24-20-9-4-6-11-22(20)30-23-12-7-5-10-21(23)24;2*1-2/h4-7,9-12,24H,2-3,8,13-19H2,1H3;2*1H3. The van der Waals surface area contributed by atoms with Crippen LogP contribution in [0, 0.1) is 0 Å². The second kappa shape index (κ2) is 16.7. The van der Waals surface area contributed by atoms with Gasteiger partial charge in [0.1, 0.15) is 17.4 Å². The minimum atomic E-state index is -0.423. The quantitative estimate of drug-likeness (QED) is 0.139. The first kappa shape index (κ1) is 29.3. The number of alkyl halides is 2. The van der Waals surface area contributed by atoms with Crippen LogP contribution in [0.1, 0.15) is 43.2 Å². The third kappa shape index (κ3) is 8.34. The number of ether oxygens (including phenoxy) is 2. The Morgan fingerprint density at radius 2 is 1.32 bits per heavy atom. The van der Waals surface area contributed by atoms with Crippen LogP contribution in [0.2, 0.25) is 0 Å². The van der Waals surface area contributed by atoms with Crippen LogP contribution < -0.4 is 4.74 Å². The number of para-hydroxylation sites is 2. The fourth-order valence-corrected chi connectivity index (χ4v) is 4.33. The highest BCUT2D eigenvalue weighted by molar-refractivity contribution is 14.1. The van der Waals surface area contributed by atoms with Gasteiger partial charge in [0.05, 0.1) is 6.61 Å². The third-order valence-electron chi connectivity index (χ3n) is 6.07. The number of rotatable bonds is 8. The number of halogens is 2. The SMILES string of the molecule is CCCCN1CCN(CCCOC(=O)C2c3ccccc3Oc3ccccc32)CC1.CI.CI. The molecule has 2 aromatic carbocycles. The van der Waals surface area contributed by atoms with Crippen molar-refractivity contribution in [3.8, 4) is 11.5 Å². The molecule has 0 aliphatic carbocycles. The molecule has 0 bridgehead atoms. The molecule has 5 nitrogen and oxygen atoms in total. The zero-order valence-corrected chi connectivity index (χ0v) is 25.0. The van der Waals surface area contributed by atoms with Crippen molar-refractivity contribution >= 4 is 51.2 Å². The largest absolute Gasteiger partial charge is 0.465 e. The summed E-state index contributed by atoms with van der Waals surface area (Å²) in [5, 5.41) is 0. The van der Waals surface area contributed by atoms with Gasteiger partial charge in [0.25, 0.3) is 0 Å². The van der Waals surface area contributed by atoms with E-state index in [1.807, 2.05) is 58.4 Å². The first-order chi connectivity index (χ1) is 16.8. The van der Waals surface area contributed by atoms with Gasteiger partial charge in [-0.25, -0.2) is 0 Å². The lowest BCUT2D eigenvalue weighted by Crippen LogP contribution is -2.46. The Morgan fingerprint density at radius 3 is 1.82 bits per heavy atom. The Morgan fingerprint density at radius 1 is 0.853 bits per heavy atom. The molecule has 0 atom stereocenters. The third-order valence-corrected chi connectivity index (χ3v) is 6.07. The van der Waals surface area contributed by atoms with Crippen molar-refractivity contribution in [2.45, 2.75) is 32.1 Å². The van der Waals surface area contributed by atoms with E-state index in [2.05, 4.69) is 61.9 Å². The second-order valence-corrected chi connectivity index (χ2v) is 8.17. The molecule has 0 N–H and O–H groups in total. The van der Waals surface area contributed by atoms with Crippen LogP contribution in [0.15, 0.2) is 48.5 Å². The lowest BCUT2D eigenvalue weighted by molar-refractivity contribution is -0.144. The molecule has 0 saturated carbocycles. The summed E-state index contributed by atoms with van der Waals surface area (Å²) in [6, 6.07) is 15.5. The van der Waals surface area contributed by atoms with E-state index in [4.69, 9.17) is 9.47 Å². The Labute approximate surface area is 232 Å². The Balaban J connectivity index is 0.000000970. The maximum absolute atomic E-state index is 13.0. The first-order valence-electron chi connectivity index (χ1n) is 12.0. The molecule has 0 unspecified atom stereocenters. The van der Waals surface area contributed by atoms with Crippen LogP contribution in [-0.2, 0) is 9.53 Å². The van der Waals surface area contributed by atoms with Crippen molar-refractivity contribution in [3.05, 3.63) is 59.7 Å². The molecule has 0 amide bonds. The van der Waals surface area contributed by atoms with Crippen LogP contribution in [0.3, 0.4) is 0 Å². The highest BCUT2D eigenvalue weighted by Gasteiger charge is 2.33. The van der Waals surface area contributed by atoms with Crippen LogP contribution in [0.5, 0.6) is 11.5 Å². The lowest BCUT2D eigenvalue weighted by Gasteiger charge is -2.34. The Hall–Kier alpha value is -0.910. The monoisotopic (exact) mass is 692 g/mol. The normalized spacial score (nSPS) is 15.4. The van der Waals surface area contributed by atoms with Gasteiger partial charge >= 0.3 is 5.97 Å². The Kier molecular flexibility index (Phi) is 14.4. The summed E-state index contributed by atoms with van der Waals surface area (Å²) >= 11 is 4.30. The molecule has 2 heterocycles. The molecule has 2 aromatic rings. The maximum Gasteiger partial charge on any atom is 0.318 e. The highest BCUT2D eigenvalue weighted by atomic mass is 127. The van der Waals surface area contributed by atoms with E-state index in [1.165, 1.54) is 19.4 Å². The first-order valence-corrected chi connectivity index (χ1v) is 16.3. The topological polar surface area (TPSA) is 42.0 Å². The van der Waals surface area contributed by atoms with Crippen molar-refractivity contribution < 1.29 is 14.3 Å². The number of nitrogens with zero attached hydrogens (tertiary/aromatic N) is 2. The second-order valence-electron chi connectivity index (χ2n) is 8.17. The summed E-state index contributed by atoms with van der Waals surface area (Å²) in [4.78, 5) is 22.0. The average molecular weight is 692 g/mol. The van der Waals surface area contributed by atoms with Crippen LogP contribution in [-0.4, -0.2) is 71.5 Å². The number of hydrogen-bond donors (Lipinski definition) is 0. The van der Waals surface area contributed by atoms with Gasteiger partial charge < -0.3 is 19.3 Å². The van der Waals surface area contributed by atoms with Crippen molar-refractivity contribution in [2.24, 2.45) is 0 Å². The number of piperazine rings is 1. The highest BCUT2D eigenvalue weighted by Crippen LogP contribution is 2.44. The number of fused-ring (bicyclic) bond motifs is 2. The number of unbranched alkanes of at least 4 members (excludes halogenated alkanes) is 1. The summed E-state index contributed by atoms with van der Waals surface area (Å²) in [5.74, 6) is 0.856. The molecule has 7 heteroatoms. The van der Waals surface area contributed by atoms with E-state index in [9.17, 15) is 4.79 Å². The van der Waals surface area contributed by atoms with E-state index in [0.29, 0.717) is 6.61 Å². The Bertz CT molecular complexity index is 812. The van der Waals surface area contributed by atoms with Crippen LogP contribution in [0.4, 0.5) is 0 Å². The molecule has 0 aromatic heterocycles. The molecule has 188 valence electrons. The molecular weight excluding hydrogens is 654 g/mol. The summed E-state index contributed by atoms with van der Waals surface area (Å²) in [6.45, 7) is 9.42. The minimum absolute atomic E-state index is 0.192. The van der Waals surface area contributed by atoms with Gasteiger partial charge in [0.15, 0.2) is 0 Å². The number of hydrogen-bond acceptors (Lipinski definition) is 5. The molecule has 0 spiro atoms. The predicted octanol–water partition coefficient (Wildman–Crippen LogP) is 6.38. The van der Waals surface area contributed by atoms with Gasteiger partial charge in [0.2, 0.25) is 0 Å². The van der Waals surface area contributed by atoms with Crippen molar-refractivity contribution in [1.82, 2.24) is 9.80 Å². The zero-order chi connectivity index (χ0) is 24.8. The van der Waals surface area contributed by atoms with Gasteiger partial charge in [-0.1, -0.05) is 94.9 Å². The van der Waals surface area contributed by atoms with Crippen LogP contribution >= 0.6 is 45.2 Å². The van der Waals surface area contributed by atoms with E-state index in [1.54, 1.807) is 0 Å². The molecule has 2 aliphatic rings. The number of carbonyl (C=O) groups excluding carboxylic acids is 1. The summed E-state index contributed by atoms with van der Waals surface area (Å²) in [6.07, 6.45) is 3.41. The molecule has 1 saturated heterocycles. The summed E-state index contributed by atoms with van der Waals surface area (Å²) in [5.41, 5.74) is 1.76. The van der Waals surface area contributed by atoms with Gasteiger partial charge in [-0.05, 0) is 41.4 Å². The average Bonchev–Trinajstić information content (AvgIpc) is 2.91. The number of carbonyl (C=O) groups is 1. The smallest absolute Gasteiger partial charge is 0.318 e. The van der Waals surface area contributed by atoms with Crippen molar-refractivity contribution in [2.75, 3.05) is 55.7 Å². The molecule has 2 aliphatic heterocycles. The van der Waals surface area contributed by atoms with Gasteiger partial charge in [-0.2, -0.15) is 0 Å². The molecule has 4 rings (SSSR count). The van der Waals surface area contributed by atoms with Crippen LogP contribution in [0.25, 0.3) is 0 Å². The molecule has 34 heavy (non-hydrogen) atoms. The van der Waals surface area contributed by atoms with E-state index in [-0.39, 0.29) is 5.97 Å². The van der Waals surface area contributed by atoms with Gasteiger partial charge in [-0.3, -0.25) is 4.79 Å². The minimum Gasteiger partial charge on any atom is -0.465 e. The summed E-state index contributed by atoms with van der Waals surface area (Å²) < 4.78 is 11.7. The summed E-state index contributed by atoms with van der Waals surface area (Å²) in [7, 11) is 0. The predicted molar refractivity (Wildman–Crippen MR) is 158 cm³/mol. The van der Waals surface area contributed by atoms with Gasteiger partial charge in [-0.15, -0.1) is 0 Å². The van der Waals surface area contributed by atoms with Gasteiger partial charge in [0, 0.05) is 43.9 Å². The number of benzene rings is 2. The van der Waals surface area contributed by atoms with E-state index < -0.39 is 5.92 Å². The number of esters is 1. The zero-order valence-electron chi connectivity index (χ0n) is 20.6.